The number of halogens is 1. The lowest BCUT2D eigenvalue weighted by molar-refractivity contribution is -0.0894. The van der Waals surface area contributed by atoms with Crippen LogP contribution in [-0.2, 0) is 14.1 Å². The Morgan fingerprint density at radius 1 is 1.17 bits per heavy atom. The van der Waals surface area contributed by atoms with Gasteiger partial charge in [-0.1, -0.05) is 6.07 Å². The summed E-state index contributed by atoms with van der Waals surface area (Å²) in [5.41, 5.74) is 0.0314. The van der Waals surface area contributed by atoms with Crippen molar-refractivity contribution in [2.45, 2.75) is 52.1 Å². The van der Waals surface area contributed by atoms with Crippen LogP contribution in [0.25, 0.3) is 0 Å². The zero-order chi connectivity index (χ0) is 21.2. The monoisotopic (exact) mass is 403 g/mol. The number of aromatic nitrogens is 1. The molecule has 1 aromatic carbocycles. The van der Waals surface area contributed by atoms with Gasteiger partial charge in [0.15, 0.2) is 17.9 Å². The number of benzene rings is 1. The number of aliphatic hydroxyl groups is 1. The number of hydrogen-bond donors (Lipinski definition) is 1. The Kier molecular flexibility index (Phi) is 6.29. The predicted molar refractivity (Wildman–Crippen MR) is 108 cm³/mol. The van der Waals surface area contributed by atoms with E-state index in [2.05, 4.69) is 4.98 Å². The van der Waals surface area contributed by atoms with Gasteiger partial charge in [0.2, 0.25) is 5.88 Å². The number of aryl methyl sites for hydroxylation is 1. The number of ether oxygens (including phenoxy) is 3. The minimum Gasteiger partial charge on any atom is -0.436 e. The fourth-order valence-electron chi connectivity index (χ4n) is 2.69. The molecule has 2 heterocycles. The second-order valence-electron chi connectivity index (χ2n) is 8.13. The SMILES string of the molecule is Cc1cccc(Oc2cc(C3OCCO3)c(BOC(C)(C)C(C)(C)O)cc2F)n1. The molecule has 1 N–H and O–H groups in total. The molecule has 0 unspecified atom stereocenters. The highest BCUT2D eigenvalue weighted by Gasteiger charge is 2.36. The quantitative estimate of drug-likeness (QED) is 0.717. The van der Waals surface area contributed by atoms with Crippen LogP contribution in [0.5, 0.6) is 11.6 Å². The molecule has 0 amide bonds. The Morgan fingerprint density at radius 2 is 1.86 bits per heavy atom. The molecule has 0 saturated carbocycles. The smallest absolute Gasteiger partial charge is 0.310 e. The molecule has 0 spiro atoms. The molecule has 1 fully saturated rings. The van der Waals surface area contributed by atoms with Crippen LogP contribution in [0.2, 0.25) is 0 Å². The topological polar surface area (TPSA) is 70.0 Å². The van der Waals surface area contributed by atoms with Gasteiger partial charge in [-0.05, 0) is 58.3 Å². The number of rotatable bonds is 7. The summed E-state index contributed by atoms with van der Waals surface area (Å²) in [6.07, 6.45) is -0.632. The summed E-state index contributed by atoms with van der Waals surface area (Å²) in [5.74, 6) is -0.215. The van der Waals surface area contributed by atoms with Crippen molar-refractivity contribution in [3.05, 3.63) is 47.4 Å². The zero-order valence-electron chi connectivity index (χ0n) is 17.5. The molecule has 0 atom stereocenters. The standard InChI is InChI=1S/C21H27BFNO5/c1-13-7-6-8-18(24-13)28-17-11-14(19-26-9-10-27-19)15(12-16(17)23)22-29-21(4,5)20(2,3)25/h6-8,11-12,19,22,25H,9-10H2,1-5H3. The molecule has 1 aromatic heterocycles. The van der Waals surface area contributed by atoms with Gasteiger partial charge in [-0.25, -0.2) is 9.37 Å². The van der Waals surface area contributed by atoms with E-state index in [9.17, 15) is 9.50 Å². The molecule has 156 valence electrons. The molecular formula is C21H27BFNO5. The van der Waals surface area contributed by atoms with Crippen molar-refractivity contribution in [3.63, 3.8) is 0 Å². The van der Waals surface area contributed by atoms with E-state index in [1.54, 1.807) is 45.9 Å². The van der Waals surface area contributed by atoms with E-state index >= 15 is 0 Å². The van der Waals surface area contributed by atoms with Gasteiger partial charge in [-0.2, -0.15) is 0 Å². The minimum atomic E-state index is -1.08. The maximum Gasteiger partial charge on any atom is 0.310 e. The van der Waals surface area contributed by atoms with Crippen molar-refractivity contribution >= 4 is 12.9 Å². The van der Waals surface area contributed by atoms with Crippen LogP contribution in [0.15, 0.2) is 30.3 Å². The molecule has 0 aliphatic carbocycles. The molecule has 1 aliphatic rings. The first kappa shape index (κ1) is 21.7. The third kappa shape index (κ3) is 5.14. The number of hydrogen-bond acceptors (Lipinski definition) is 6. The average molecular weight is 403 g/mol. The van der Waals surface area contributed by atoms with Gasteiger partial charge in [-0.15, -0.1) is 0 Å². The van der Waals surface area contributed by atoms with Crippen molar-refractivity contribution in [2.24, 2.45) is 0 Å². The van der Waals surface area contributed by atoms with Gasteiger partial charge in [0.05, 0.1) is 24.4 Å². The highest BCUT2D eigenvalue weighted by molar-refractivity contribution is 6.47. The number of nitrogens with zero attached hydrogens (tertiary/aromatic N) is 1. The van der Waals surface area contributed by atoms with Gasteiger partial charge in [0.25, 0.3) is 0 Å². The van der Waals surface area contributed by atoms with E-state index in [0.29, 0.717) is 30.1 Å². The maximum atomic E-state index is 14.8. The highest BCUT2D eigenvalue weighted by atomic mass is 19.1. The first-order valence-electron chi connectivity index (χ1n) is 9.60. The van der Waals surface area contributed by atoms with Crippen LogP contribution in [0, 0.1) is 12.7 Å². The zero-order valence-corrected chi connectivity index (χ0v) is 17.5. The Labute approximate surface area is 171 Å². The van der Waals surface area contributed by atoms with Gasteiger partial charge >= 0.3 is 7.48 Å². The van der Waals surface area contributed by atoms with E-state index < -0.39 is 23.3 Å². The van der Waals surface area contributed by atoms with E-state index in [4.69, 9.17) is 18.9 Å². The van der Waals surface area contributed by atoms with Crippen LogP contribution in [0.3, 0.4) is 0 Å². The lowest BCUT2D eigenvalue weighted by Crippen LogP contribution is -2.49. The molecule has 3 rings (SSSR count). The summed E-state index contributed by atoms with van der Waals surface area (Å²) >= 11 is 0. The Balaban J connectivity index is 1.90. The summed E-state index contributed by atoms with van der Waals surface area (Å²) in [7, 11) is 0.0788. The summed E-state index contributed by atoms with van der Waals surface area (Å²) in [6, 6.07) is 8.20. The highest BCUT2D eigenvalue weighted by Crippen LogP contribution is 2.30. The van der Waals surface area contributed by atoms with Crippen LogP contribution in [-0.4, -0.2) is 42.0 Å². The van der Waals surface area contributed by atoms with Crippen molar-refractivity contribution in [1.29, 1.82) is 0 Å². The van der Waals surface area contributed by atoms with Crippen molar-refractivity contribution < 1.29 is 28.4 Å². The van der Waals surface area contributed by atoms with Crippen LogP contribution in [0.1, 0.15) is 45.2 Å². The molecule has 29 heavy (non-hydrogen) atoms. The largest absolute Gasteiger partial charge is 0.436 e. The van der Waals surface area contributed by atoms with Crippen LogP contribution >= 0.6 is 0 Å². The van der Waals surface area contributed by atoms with Gasteiger partial charge < -0.3 is 24.0 Å². The minimum absolute atomic E-state index is 0.0303. The van der Waals surface area contributed by atoms with E-state index in [1.807, 2.05) is 13.0 Å². The third-order valence-corrected chi connectivity index (χ3v) is 5.21. The third-order valence-electron chi connectivity index (χ3n) is 5.21. The van der Waals surface area contributed by atoms with Gasteiger partial charge in [-0.3, -0.25) is 0 Å². The molecule has 0 radical (unpaired) electrons. The predicted octanol–water partition coefficient (Wildman–Crippen LogP) is 2.91. The average Bonchev–Trinajstić information content (AvgIpc) is 3.15. The molecule has 0 bridgehead atoms. The molecular weight excluding hydrogens is 376 g/mol. The molecule has 6 nitrogen and oxygen atoms in total. The van der Waals surface area contributed by atoms with Crippen LogP contribution in [0.4, 0.5) is 4.39 Å². The Morgan fingerprint density at radius 3 is 2.48 bits per heavy atom. The first-order valence-corrected chi connectivity index (χ1v) is 9.60. The van der Waals surface area contributed by atoms with Crippen LogP contribution < -0.4 is 10.2 Å². The lowest BCUT2D eigenvalue weighted by atomic mass is 9.80. The second-order valence-corrected chi connectivity index (χ2v) is 8.13. The van der Waals surface area contributed by atoms with Crippen molar-refractivity contribution in [2.75, 3.05) is 13.2 Å². The van der Waals surface area contributed by atoms with E-state index in [0.717, 1.165) is 5.69 Å². The Hall–Kier alpha value is -2.00. The van der Waals surface area contributed by atoms with Gasteiger partial charge in [0, 0.05) is 17.3 Å². The summed E-state index contributed by atoms with van der Waals surface area (Å²) < 4.78 is 37.7. The number of pyridine rings is 1. The van der Waals surface area contributed by atoms with E-state index in [-0.39, 0.29) is 13.2 Å². The van der Waals surface area contributed by atoms with Gasteiger partial charge in [0.1, 0.15) is 0 Å². The molecule has 1 aliphatic heterocycles. The fourth-order valence-corrected chi connectivity index (χ4v) is 2.69. The van der Waals surface area contributed by atoms with Crippen molar-refractivity contribution in [1.82, 2.24) is 4.98 Å². The summed E-state index contributed by atoms with van der Waals surface area (Å²) in [6.45, 7) is 9.64. The lowest BCUT2D eigenvalue weighted by Gasteiger charge is -2.37. The Bertz CT molecular complexity index is 863. The first-order chi connectivity index (χ1) is 13.6. The fraction of sp³-hybridized carbons (Fsp3) is 0.476. The molecule has 1 saturated heterocycles. The maximum absolute atomic E-state index is 14.8. The second kappa shape index (κ2) is 8.40. The molecule has 8 heteroatoms. The van der Waals surface area contributed by atoms with Crippen molar-refractivity contribution in [3.8, 4) is 11.6 Å². The van der Waals surface area contributed by atoms with E-state index in [1.165, 1.54) is 6.07 Å². The summed E-state index contributed by atoms with van der Waals surface area (Å²) in [4.78, 5) is 4.25. The normalized spacial score (nSPS) is 15.6. The summed E-state index contributed by atoms with van der Waals surface area (Å²) in [5, 5.41) is 10.3. The molecule has 2 aromatic rings.